The van der Waals surface area contributed by atoms with Crippen LogP contribution in [0.1, 0.15) is 30.4 Å². The predicted molar refractivity (Wildman–Crippen MR) is 141 cm³/mol. The zero-order valence-electron chi connectivity index (χ0n) is 20.7. The molecule has 7 heteroatoms. The Bertz CT molecular complexity index is 1230. The van der Waals surface area contributed by atoms with Gasteiger partial charge in [0.25, 0.3) is 0 Å². The van der Waals surface area contributed by atoms with Gasteiger partial charge in [-0.15, -0.1) is 5.12 Å². The largest absolute Gasteiger partial charge is 0.497 e. The molecule has 1 unspecified atom stereocenters. The molecule has 0 bridgehead atoms. The third-order valence-electron chi connectivity index (χ3n) is 6.86. The van der Waals surface area contributed by atoms with Crippen LogP contribution in [0.5, 0.6) is 11.5 Å². The Balaban J connectivity index is 1.25. The van der Waals surface area contributed by atoms with Crippen molar-refractivity contribution in [3.05, 3.63) is 90.1 Å². The topological polar surface area (TPSA) is 66.1 Å². The fraction of sp³-hybridized carbons (Fsp3) is 0.276. The first-order valence-corrected chi connectivity index (χ1v) is 12.4. The predicted octanol–water partition coefficient (Wildman–Crippen LogP) is 5.21. The smallest absolute Gasteiger partial charge is 0.358 e. The highest BCUT2D eigenvalue weighted by Crippen LogP contribution is 2.34. The number of hydrazine groups is 2. The number of hydrogen-bond acceptors (Lipinski definition) is 5. The summed E-state index contributed by atoms with van der Waals surface area (Å²) in [6.07, 6.45) is 5.90. The number of piperidine rings is 1. The maximum absolute atomic E-state index is 13.4. The number of amides is 2. The van der Waals surface area contributed by atoms with E-state index in [1.165, 1.54) is 10.7 Å². The van der Waals surface area contributed by atoms with Crippen LogP contribution in [-0.2, 0) is 6.42 Å². The number of hydrogen-bond donors (Lipinski definition) is 2. The van der Waals surface area contributed by atoms with Crippen LogP contribution in [0, 0.1) is 0 Å². The molecule has 2 aliphatic rings. The van der Waals surface area contributed by atoms with Gasteiger partial charge in [0.2, 0.25) is 0 Å². The van der Waals surface area contributed by atoms with E-state index in [2.05, 4.69) is 35.1 Å². The van der Waals surface area contributed by atoms with E-state index in [1.807, 2.05) is 59.6 Å². The molecule has 1 saturated heterocycles. The summed E-state index contributed by atoms with van der Waals surface area (Å²) in [6.45, 7) is 0.768. The van der Waals surface area contributed by atoms with Crippen LogP contribution in [0.2, 0.25) is 0 Å². The molecule has 2 amide bonds. The third kappa shape index (κ3) is 4.96. The minimum Gasteiger partial charge on any atom is -0.497 e. The van der Waals surface area contributed by atoms with Crippen molar-refractivity contribution in [3.63, 3.8) is 0 Å². The molecule has 0 aliphatic carbocycles. The average molecular weight is 485 g/mol. The number of carbonyl (C=O) groups is 1. The second kappa shape index (κ2) is 10.6. The minimum atomic E-state index is -0.0542. The van der Waals surface area contributed by atoms with Crippen molar-refractivity contribution in [3.8, 4) is 22.6 Å². The lowest BCUT2D eigenvalue weighted by Crippen LogP contribution is -2.56. The fourth-order valence-corrected chi connectivity index (χ4v) is 4.91. The quantitative estimate of drug-likeness (QED) is 0.503. The van der Waals surface area contributed by atoms with Gasteiger partial charge in [0.15, 0.2) is 0 Å². The molecule has 3 aromatic carbocycles. The molecule has 7 nitrogen and oxygen atoms in total. The van der Waals surface area contributed by atoms with E-state index >= 15 is 0 Å². The van der Waals surface area contributed by atoms with Crippen molar-refractivity contribution in [2.24, 2.45) is 0 Å². The van der Waals surface area contributed by atoms with Crippen molar-refractivity contribution in [1.82, 2.24) is 20.9 Å². The van der Waals surface area contributed by atoms with E-state index in [0.29, 0.717) is 0 Å². The van der Waals surface area contributed by atoms with Crippen molar-refractivity contribution >= 4 is 11.7 Å². The van der Waals surface area contributed by atoms with Crippen LogP contribution < -0.4 is 20.3 Å². The van der Waals surface area contributed by atoms with E-state index in [-0.39, 0.29) is 12.1 Å². The highest BCUT2D eigenvalue weighted by atomic mass is 16.5. The fourth-order valence-electron chi connectivity index (χ4n) is 4.91. The Labute approximate surface area is 212 Å². The second-order valence-electron chi connectivity index (χ2n) is 9.09. The molecule has 0 spiro atoms. The lowest BCUT2D eigenvalue weighted by Gasteiger charge is -2.38. The molecule has 2 heterocycles. The van der Waals surface area contributed by atoms with Gasteiger partial charge in [-0.2, -0.15) is 0 Å². The maximum Gasteiger partial charge on any atom is 0.358 e. The highest BCUT2D eigenvalue weighted by Gasteiger charge is 2.32. The Kier molecular flexibility index (Phi) is 6.98. The van der Waals surface area contributed by atoms with Gasteiger partial charge >= 0.3 is 6.03 Å². The second-order valence-corrected chi connectivity index (χ2v) is 9.09. The highest BCUT2D eigenvalue weighted by molar-refractivity contribution is 5.79. The van der Waals surface area contributed by atoms with Gasteiger partial charge in [-0.1, -0.05) is 54.6 Å². The van der Waals surface area contributed by atoms with E-state index in [9.17, 15) is 4.79 Å². The third-order valence-corrected chi connectivity index (χ3v) is 6.86. The van der Waals surface area contributed by atoms with E-state index in [4.69, 9.17) is 9.47 Å². The molecule has 2 N–H and O–H groups in total. The van der Waals surface area contributed by atoms with E-state index in [1.54, 1.807) is 14.2 Å². The Morgan fingerprint density at radius 1 is 0.944 bits per heavy atom. The van der Waals surface area contributed by atoms with Gasteiger partial charge in [-0.05, 0) is 48.9 Å². The van der Waals surface area contributed by atoms with Gasteiger partial charge < -0.3 is 14.4 Å². The minimum absolute atomic E-state index is 0.0542. The van der Waals surface area contributed by atoms with Gasteiger partial charge in [0, 0.05) is 36.0 Å². The summed E-state index contributed by atoms with van der Waals surface area (Å²) in [4.78, 5) is 15.4. The molecule has 0 radical (unpaired) electrons. The van der Waals surface area contributed by atoms with Gasteiger partial charge in [0.05, 0.1) is 19.9 Å². The first kappa shape index (κ1) is 23.6. The van der Waals surface area contributed by atoms with Crippen LogP contribution in [0.3, 0.4) is 0 Å². The summed E-state index contributed by atoms with van der Waals surface area (Å²) >= 11 is 0. The summed E-state index contributed by atoms with van der Waals surface area (Å²) in [5.41, 5.74) is 11.4. The molecule has 5 rings (SSSR count). The number of carbonyl (C=O) groups excluding carboxylic acids is 1. The number of urea groups is 1. The van der Waals surface area contributed by atoms with Gasteiger partial charge in [-0.25, -0.2) is 4.79 Å². The van der Waals surface area contributed by atoms with Gasteiger partial charge in [0.1, 0.15) is 11.5 Å². The Morgan fingerprint density at radius 3 is 2.47 bits per heavy atom. The molecular weight excluding hydrogens is 452 g/mol. The van der Waals surface area contributed by atoms with Crippen molar-refractivity contribution in [2.45, 2.75) is 31.7 Å². The average Bonchev–Trinajstić information content (AvgIpc) is 3.44. The number of benzene rings is 3. The summed E-state index contributed by atoms with van der Waals surface area (Å²) in [5, 5.41) is 1.49. The SMILES string of the molecule is COc1ccc(-c2ccc(C3=CNN(C(=O)N4CCCCC4Cc4ccccc4)N3)cc2)c(OC)c1. The van der Waals surface area contributed by atoms with Gasteiger partial charge in [-0.3, -0.25) is 10.9 Å². The molecule has 1 fully saturated rings. The zero-order valence-corrected chi connectivity index (χ0v) is 20.7. The molecule has 2 aliphatic heterocycles. The van der Waals surface area contributed by atoms with Crippen molar-refractivity contribution in [1.29, 1.82) is 0 Å². The zero-order chi connectivity index (χ0) is 24.9. The van der Waals surface area contributed by atoms with Crippen LogP contribution in [0.15, 0.2) is 79.0 Å². The standard InChI is InChI=1S/C29H32N4O3/c1-35-25-15-16-26(28(19-25)36-2)22-11-13-23(14-12-22)27-20-30-33(31-27)29(34)32-17-7-6-10-24(32)18-21-8-4-3-5-9-21/h3-5,8-9,11-16,19-20,24,30-31H,6-7,10,17-18H2,1-2H3. The molecule has 36 heavy (non-hydrogen) atoms. The number of likely N-dealkylation sites (tertiary alicyclic amines) is 1. The van der Waals surface area contributed by atoms with Crippen molar-refractivity contribution in [2.75, 3.05) is 20.8 Å². The Hall–Kier alpha value is -4.13. The number of ether oxygens (including phenoxy) is 2. The molecule has 3 aromatic rings. The molecule has 0 aromatic heterocycles. The molecule has 0 saturated carbocycles. The number of rotatable bonds is 6. The van der Waals surface area contributed by atoms with Crippen LogP contribution in [0.4, 0.5) is 4.79 Å². The van der Waals surface area contributed by atoms with Crippen LogP contribution in [-0.4, -0.2) is 42.9 Å². The monoisotopic (exact) mass is 484 g/mol. The number of nitrogens with one attached hydrogen (secondary N) is 2. The first-order chi connectivity index (χ1) is 17.7. The number of methoxy groups -OCH3 is 2. The summed E-state index contributed by atoms with van der Waals surface area (Å²) in [7, 11) is 3.30. The Morgan fingerprint density at radius 2 is 1.72 bits per heavy atom. The van der Waals surface area contributed by atoms with E-state index in [0.717, 1.165) is 66.1 Å². The molecule has 186 valence electrons. The summed E-state index contributed by atoms with van der Waals surface area (Å²) in [6, 6.07) is 24.5. The molecular formula is C29H32N4O3. The van der Waals surface area contributed by atoms with Crippen molar-refractivity contribution < 1.29 is 14.3 Å². The summed E-state index contributed by atoms with van der Waals surface area (Å²) in [5.74, 6) is 1.51. The maximum atomic E-state index is 13.4. The van der Waals surface area contributed by atoms with Crippen LogP contribution >= 0.6 is 0 Å². The van der Waals surface area contributed by atoms with Crippen LogP contribution in [0.25, 0.3) is 16.8 Å². The lowest BCUT2D eigenvalue weighted by atomic mass is 9.96. The normalized spacial score (nSPS) is 17.2. The lowest BCUT2D eigenvalue weighted by molar-refractivity contribution is 0.0968. The summed E-state index contributed by atoms with van der Waals surface area (Å²) < 4.78 is 10.9. The first-order valence-electron chi connectivity index (χ1n) is 12.4. The number of nitrogens with zero attached hydrogens (tertiary/aromatic N) is 2. The van der Waals surface area contributed by atoms with E-state index < -0.39 is 0 Å². The molecule has 1 atom stereocenters.